The van der Waals surface area contributed by atoms with Crippen molar-refractivity contribution in [3.8, 4) is 6.07 Å². The monoisotopic (exact) mass is 301 g/mol. The molecule has 0 aliphatic carbocycles. The lowest BCUT2D eigenvalue weighted by Gasteiger charge is -2.08. The number of hydrogen-bond acceptors (Lipinski definition) is 4. The van der Waals surface area contributed by atoms with Gasteiger partial charge in [-0.25, -0.2) is 13.1 Å². The van der Waals surface area contributed by atoms with E-state index in [0.29, 0.717) is 11.3 Å². The Balaban J connectivity index is 2.13. The van der Waals surface area contributed by atoms with Gasteiger partial charge in [-0.05, 0) is 42.3 Å². The maximum Gasteiger partial charge on any atom is 0.240 e. The Morgan fingerprint density at radius 2 is 1.86 bits per heavy atom. The van der Waals surface area contributed by atoms with Gasteiger partial charge in [-0.1, -0.05) is 18.2 Å². The number of nitrogens with zero attached hydrogens (tertiary/aromatic N) is 1. The first-order valence-electron chi connectivity index (χ1n) is 6.27. The molecule has 0 bridgehead atoms. The van der Waals surface area contributed by atoms with Gasteiger partial charge in [0.05, 0.1) is 16.5 Å². The van der Waals surface area contributed by atoms with Gasteiger partial charge in [-0.15, -0.1) is 0 Å². The Morgan fingerprint density at radius 1 is 1.19 bits per heavy atom. The number of nitriles is 1. The predicted molar refractivity (Wildman–Crippen MR) is 80.8 cm³/mol. The van der Waals surface area contributed by atoms with E-state index >= 15 is 0 Å². The molecule has 0 unspecified atom stereocenters. The first kappa shape index (κ1) is 15.0. The molecule has 2 aromatic carbocycles. The van der Waals surface area contributed by atoms with Crippen LogP contribution in [0, 0.1) is 18.3 Å². The van der Waals surface area contributed by atoms with Gasteiger partial charge in [0.15, 0.2) is 0 Å². The van der Waals surface area contributed by atoms with Gasteiger partial charge in [-0.3, -0.25) is 0 Å². The van der Waals surface area contributed by atoms with Gasteiger partial charge in [0, 0.05) is 12.2 Å². The summed E-state index contributed by atoms with van der Waals surface area (Å²) in [4.78, 5) is 0.138. The van der Waals surface area contributed by atoms with E-state index in [1.54, 1.807) is 30.3 Å². The van der Waals surface area contributed by atoms with Gasteiger partial charge in [0.25, 0.3) is 0 Å². The van der Waals surface area contributed by atoms with Crippen molar-refractivity contribution in [1.82, 2.24) is 4.72 Å². The molecule has 0 aliphatic heterocycles. The van der Waals surface area contributed by atoms with Crippen LogP contribution in [0.15, 0.2) is 47.4 Å². The van der Waals surface area contributed by atoms with E-state index in [0.717, 1.165) is 11.1 Å². The number of aryl methyl sites for hydroxylation is 1. The number of hydrogen-bond donors (Lipinski definition) is 2. The van der Waals surface area contributed by atoms with Crippen molar-refractivity contribution in [1.29, 1.82) is 5.26 Å². The Morgan fingerprint density at radius 3 is 2.43 bits per heavy atom. The van der Waals surface area contributed by atoms with E-state index in [1.807, 2.05) is 13.0 Å². The van der Waals surface area contributed by atoms with Crippen LogP contribution in [-0.4, -0.2) is 8.42 Å². The van der Waals surface area contributed by atoms with Gasteiger partial charge in [0.2, 0.25) is 10.0 Å². The Labute approximate surface area is 124 Å². The number of nitrogens with one attached hydrogen (secondary N) is 1. The molecule has 21 heavy (non-hydrogen) atoms. The van der Waals surface area contributed by atoms with E-state index in [1.165, 1.54) is 12.1 Å². The molecule has 0 aliphatic rings. The molecule has 0 amide bonds. The number of benzene rings is 2. The molecule has 6 heteroatoms. The van der Waals surface area contributed by atoms with Gasteiger partial charge in [0.1, 0.15) is 0 Å². The quantitative estimate of drug-likeness (QED) is 0.843. The van der Waals surface area contributed by atoms with Crippen LogP contribution in [0.5, 0.6) is 0 Å². The fourth-order valence-electron chi connectivity index (χ4n) is 1.74. The Kier molecular flexibility index (Phi) is 4.26. The van der Waals surface area contributed by atoms with Crippen molar-refractivity contribution in [2.75, 3.05) is 5.73 Å². The van der Waals surface area contributed by atoms with Gasteiger partial charge >= 0.3 is 0 Å². The van der Waals surface area contributed by atoms with E-state index in [2.05, 4.69) is 4.72 Å². The molecule has 0 saturated heterocycles. The zero-order valence-corrected chi connectivity index (χ0v) is 12.3. The number of nitrogen functional groups attached to an aromatic ring is 1. The van der Waals surface area contributed by atoms with Crippen LogP contribution in [0.4, 0.5) is 5.69 Å². The molecule has 2 aromatic rings. The van der Waals surface area contributed by atoms with Crippen LogP contribution in [0.25, 0.3) is 0 Å². The van der Waals surface area contributed by atoms with Crippen LogP contribution in [0.2, 0.25) is 0 Å². The lowest BCUT2D eigenvalue weighted by Crippen LogP contribution is -2.23. The number of nitrogens with two attached hydrogens (primary N) is 1. The topological polar surface area (TPSA) is 96.0 Å². The summed E-state index contributed by atoms with van der Waals surface area (Å²) >= 11 is 0. The largest absolute Gasteiger partial charge is 0.398 e. The maximum atomic E-state index is 12.2. The summed E-state index contributed by atoms with van der Waals surface area (Å²) in [6.07, 6.45) is 0. The zero-order valence-electron chi connectivity index (χ0n) is 11.5. The first-order chi connectivity index (χ1) is 9.92. The van der Waals surface area contributed by atoms with Crippen molar-refractivity contribution < 1.29 is 8.42 Å². The van der Waals surface area contributed by atoms with Gasteiger partial charge < -0.3 is 5.73 Å². The second-order valence-corrected chi connectivity index (χ2v) is 6.42. The van der Waals surface area contributed by atoms with Gasteiger partial charge in [-0.2, -0.15) is 5.26 Å². The summed E-state index contributed by atoms with van der Waals surface area (Å²) in [5.74, 6) is 0. The SMILES string of the molecule is Cc1ccc(S(=O)(=O)NCc2ccc(C#N)cc2)cc1N. The summed E-state index contributed by atoms with van der Waals surface area (Å²) in [7, 11) is -3.61. The third-order valence-electron chi connectivity index (χ3n) is 3.11. The standard InChI is InChI=1S/C15H15N3O2S/c1-11-2-7-14(8-15(11)17)21(19,20)18-10-13-5-3-12(9-16)4-6-13/h2-8,18H,10,17H2,1H3. The first-order valence-corrected chi connectivity index (χ1v) is 7.75. The van der Waals surface area contributed by atoms with Crippen LogP contribution >= 0.6 is 0 Å². The summed E-state index contributed by atoms with van der Waals surface area (Å²) in [6, 6.07) is 13.4. The molecular weight excluding hydrogens is 286 g/mol. The Hall–Kier alpha value is -2.36. The fraction of sp³-hybridized carbons (Fsp3) is 0.133. The number of anilines is 1. The predicted octanol–water partition coefficient (Wildman–Crippen LogP) is 1.93. The minimum absolute atomic E-state index is 0.138. The Bertz CT molecular complexity index is 791. The molecule has 0 aromatic heterocycles. The van der Waals surface area contributed by atoms with E-state index in [9.17, 15) is 8.42 Å². The number of sulfonamides is 1. The highest BCUT2D eigenvalue weighted by atomic mass is 32.2. The second kappa shape index (κ2) is 5.95. The van der Waals surface area contributed by atoms with Crippen LogP contribution in [0.1, 0.15) is 16.7 Å². The molecule has 0 spiro atoms. The zero-order chi connectivity index (χ0) is 15.5. The molecule has 0 saturated carbocycles. The summed E-state index contributed by atoms with van der Waals surface area (Å²) in [5.41, 5.74) is 8.32. The third-order valence-corrected chi connectivity index (χ3v) is 4.51. The second-order valence-electron chi connectivity index (χ2n) is 4.65. The van der Waals surface area contributed by atoms with Crippen molar-refractivity contribution in [2.45, 2.75) is 18.4 Å². The smallest absolute Gasteiger partial charge is 0.240 e. The molecule has 108 valence electrons. The fourth-order valence-corrected chi connectivity index (χ4v) is 2.80. The highest BCUT2D eigenvalue weighted by molar-refractivity contribution is 7.89. The minimum atomic E-state index is -3.61. The molecular formula is C15H15N3O2S. The molecule has 0 radical (unpaired) electrons. The van der Waals surface area contributed by atoms with Crippen molar-refractivity contribution in [3.63, 3.8) is 0 Å². The maximum absolute atomic E-state index is 12.2. The summed E-state index contributed by atoms with van der Waals surface area (Å²) in [6.45, 7) is 1.97. The summed E-state index contributed by atoms with van der Waals surface area (Å²) in [5, 5.41) is 8.71. The molecule has 5 nitrogen and oxygen atoms in total. The van der Waals surface area contributed by atoms with Crippen molar-refractivity contribution in [3.05, 3.63) is 59.2 Å². The van der Waals surface area contributed by atoms with E-state index in [4.69, 9.17) is 11.0 Å². The summed E-state index contributed by atoms with van der Waals surface area (Å²) < 4.78 is 26.9. The highest BCUT2D eigenvalue weighted by Crippen LogP contribution is 2.17. The van der Waals surface area contributed by atoms with E-state index < -0.39 is 10.0 Å². The molecule has 0 heterocycles. The molecule has 0 atom stereocenters. The van der Waals surface area contributed by atoms with Crippen LogP contribution < -0.4 is 10.5 Å². The average molecular weight is 301 g/mol. The third kappa shape index (κ3) is 3.60. The lowest BCUT2D eigenvalue weighted by molar-refractivity contribution is 0.581. The number of rotatable bonds is 4. The van der Waals surface area contributed by atoms with E-state index in [-0.39, 0.29) is 11.4 Å². The van der Waals surface area contributed by atoms with Crippen LogP contribution in [-0.2, 0) is 16.6 Å². The molecule has 0 fully saturated rings. The lowest BCUT2D eigenvalue weighted by atomic mass is 10.1. The van der Waals surface area contributed by atoms with Crippen LogP contribution in [0.3, 0.4) is 0 Å². The minimum Gasteiger partial charge on any atom is -0.398 e. The van der Waals surface area contributed by atoms with Crippen molar-refractivity contribution in [2.24, 2.45) is 0 Å². The molecule has 3 N–H and O–H groups in total. The average Bonchev–Trinajstić information content (AvgIpc) is 2.48. The highest BCUT2D eigenvalue weighted by Gasteiger charge is 2.14. The normalized spacial score (nSPS) is 11.0. The molecule has 2 rings (SSSR count). The van der Waals surface area contributed by atoms with Crippen molar-refractivity contribution >= 4 is 15.7 Å².